The number of aromatic nitrogens is 1. The summed E-state index contributed by atoms with van der Waals surface area (Å²) in [5.41, 5.74) is 3.14. The Morgan fingerprint density at radius 1 is 1.12 bits per heavy atom. The number of hydrogen-bond donors (Lipinski definition) is 0. The van der Waals surface area contributed by atoms with Gasteiger partial charge in [-0.1, -0.05) is 0 Å². The third kappa shape index (κ3) is 4.09. The summed E-state index contributed by atoms with van der Waals surface area (Å²) in [7, 11) is 3.28. The molecule has 24 heavy (non-hydrogen) atoms. The predicted molar refractivity (Wildman–Crippen MR) is 95.0 cm³/mol. The molecule has 0 aliphatic carbocycles. The molecule has 7 heteroatoms. The monoisotopic (exact) mass is 352 g/mol. The van der Waals surface area contributed by atoms with Crippen molar-refractivity contribution in [1.29, 1.82) is 0 Å². The van der Waals surface area contributed by atoms with Gasteiger partial charge in [-0.05, 0) is 49.7 Å². The maximum atomic E-state index is 12.4. The highest BCUT2D eigenvalue weighted by molar-refractivity contribution is 8.18. The van der Waals surface area contributed by atoms with Crippen molar-refractivity contribution in [3.8, 4) is 0 Å². The normalized spacial score (nSPS) is 16.7. The number of thioether (sulfide) groups is 1. The van der Waals surface area contributed by atoms with Gasteiger partial charge in [0.1, 0.15) is 0 Å². The zero-order valence-corrected chi connectivity index (χ0v) is 15.4. The number of imide groups is 1. The minimum Gasteiger partial charge on any atom is -0.385 e. The van der Waals surface area contributed by atoms with Gasteiger partial charge in [-0.2, -0.15) is 0 Å². The molecular formula is C17H24N2O4S. The number of nitrogens with zero attached hydrogens (tertiary/aromatic N) is 2. The SMILES string of the molecule is COCCCN1C(=O)S/C(=C/c2cc(C)n(CCOC)c2C)C1=O. The van der Waals surface area contributed by atoms with Gasteiger partial charge in [0.05, 0.1) is 11.5 Å². The zero-order chi connectivity index (χ0) is 17.7. The molecule has 1 saturated heterocycles. The lowest BCUT2D eigenvalue weighted by Gasteiger charge is -2.11. The molecule has 1 aliphatic rings. The second-order valence-electron chi connectivity index (χ2n) is 5.65. The molecule has 2 heterocycles. The second kappa shape index (κ2) is 8.50. The van der Waals surface area contributed by atoms with Crippen LogP contribution in [0.2, 0.25) is 0 Å². The molecule has 2 rings (SSSR count). The first-order valence-corrected chi connectivity index (χ1v) is 8.71. The first kappa shape index (κ1) is 18.8. The lowest BCUT2D eigenvalue weighted by molar-refractivity contribution is -0.122. The van der Waals surface area contributed by atoms with Crippen LogP contribution in [0.3, 0.4) is 0 Å². The summed E-state index contributed by atoms with van der Waals surface area (Å²) >= 11 is 1.00. The number of carbonyl (C=O) groups is 2. The molecule has 1 aromatic heterocycles. The summed E-state index contributed by atoms with van der Waals surface area (Å²) in [6, 6.07) is 2.03. The van der Waals surface area contributed by atoms with Gasteiger partial charge in [0, 0.05) is 45.3 Å². The van der Waals surface area contributed by atoms with Crippen molar-refractivity contribution < 1.29 is 19.1 Å². The van der Waals surface area contributed by atoms with Crippen LogP contribution in [0, 0.1) is 13.8 Å². The highest BCUT2D eigenvalue weighted by Gasteiger charge is 2.34. The van der Waals surface area contributed by atoms with E-state index in [0.29, 0.717) is 31.1 Å². The maximum absolute atomic E-state index is 12.4. The summed E-state index contributed by atoms with van der Waals surface area (Å²) in [4.78, 5) is 26.2. The fraction of sp³-hybridized carbons (Fsp3) is 0.529. The number of carbonyl (C=O) groups excluding carboxylic acids is 2. The Kier molecular flexibility index (Phi) is 6.65. The van der Waals surface area contributed by atoms with Crippen molar-refractivity contribution in [1.82, 2.24) is 9.47 Å². The largest absolute Gasteiger partial charge is 0.385 e. The van der Waals surface area contributed by atoms with E-state index in [1.54, 1.807) is 14.2 Å². The van der Waals surface area contributed by atoms with E-state index < -0.39 is 0 Å². The smallest absolute Gasteiger partial charge is 0.293 e. The Labute approximate surface area is 146 Å². The minimum absolute atomic E-state index is 0.212. The highest BCUT2D eigenvalue weighted by Crippen LogP contribution is 2.33. The molecule has 0 N–H and O–H groups in total. The van der Waals surface area contributed by atoms with Crippen molar-refractivity contribution >= 4 is 29.0 Å². The van der Waals surface area contributed by atoms with Crippen molar-refractivity contribution in [2.45, 2.75) is 26.8 Å². The minimum atomic E-state index is -0.220. The third-order valence-corrected chi connectivity index (χ3v) is 4.93. The van der Waals surface area contributed by atoms with Gasteiger partial charge < -0.3 is 14.0 Å². The highest BCUT2D eigenvalue weighted by atomic mass is 32.2. The standard InChI is InChI=1S/C17H24N2O4S/c1-12-10-14(13(2)18(12)7-9-23-4)11-15-16(20)19(17(21)24-15)6-5-8-22-3/h10-11H,5-9H2,1-4H3/b15-11+. The molecule has 0 atom stereocenters. The van der Waals surface area contributed by atoms with Crippen LogP contribution in [0.4, 0.5) is 4.79 Å². The second-order valence-corrected chi connectivity index (χ2v) is 6.64. The van der Waals surface area contributed by atoms with E-state index in [1.165, 1.54) is 4.90 Å². The lowest BCUT2D eigenvalue weighted by atomic mass is 10.2. The van der Waals surface area contributed by atoms with Crippen LogP contribution in [-0.4, -0.2) is 54.6 Å². The summed E-state index contributed by atoms with van der Waals surface area (Å²) in [6.45, 7) is 6.35. The lowest BCUT2D eigenvalue weighted by Crippen LogP contribution is -2.29. The topological polar surface area (TPSA) is 60.8 Å². The van der Waals surface area contributed by atoms with E-state index in [1.807, 2.05) is 26.0 Å². The van der Waals surface area contributed by atoms with E-state index >= 15 is 0 Å². The van der Waals surface area contributed by atoms with Crippen LogP contribution in [-0.2, 0) is 20.8 Å². The Bertz CT molecular complexity index is 651. The van der Waals surface area contributed by atoms with Gasteiger partial charge in [-0.15, -0.1) is 0 Å². The number of hydrogen-bond acceptors (Lipinski definition) is 5. The fourth-order valence-corrected chi connectivity index (χ4v) is 3.56. The van der Waals surface area contributed by atoms with E-state index in [2.05, 4.69) is 4.57 Å². The summed E-state index contributed by atoms with van der Waals surface area (Å²) in [6.07, 6.45) is 2.46. The number of rotatable bonds is 8. The number of methoxy groups -OCH3 is 2. The van der Waals surface area contributed by atoms with E-state index in [0.717, 1.165) is 35.3 Å². The summed E-state index contributed by atoms with van der Waals surface area (Å²) < 4.78 is 12.3. The Morgan fingerprint density at radius 3 is 2.50 bits per heavy atom. The molecule has 0 aromatic carbocycles. The van der Waals surface area contributed by atoms with Crippen molar-refractivity contribution in [3.05, 3.63) is 27.9 Å². The fourth-order valence-electron chi connectivity index (χ4n) is 2.70. The molecule has 0 unspecified atom stereocenters. The number of aryl methyl sites for hydroxylation is 1. The molecule has 2 amide bonds. The van der Waals surface area contributed by atoms with Gasteiger partial charge >= 0.3 is 0 Å². The summed E-state index contributed by atoms with van der Waals surface area (Å²) in [5.74, 6) is -0.220. The van der Waals surface area contributed by atoms with Crippen LogP contribution in [0.15, 0.2) is 11.0 Å². The first-order valence-electron chi connectivity index (χ1n) is 7.89. The molecule has 0 spiro atoms. The van der Waals surface area contributed by atoms with Crippen LogP contribution in [0.5, 0.6) is 0 Å². The Morgan fingerprint density at radius 2 is 1.83 bits per heavy atom. The predicted octanol–water partition coefficient (Wildman–Crippen LogP) is 2.82. The van der Waals surface area contributed by atoms with Crippen molar-refractivity contribution in [2.24, 2.45) is 0 Å². The summed E-state index contributed by atoms with van der Waals surface area (Å²) in [5, 5.41) is -0.212. The molecule has 6 nitrogen and oxygen atoms in total. The molecule has 1 aliphatic heterocycles. The quantitative estimate of drug-likeness (QED) is 0.532. The number of amides is 2. The van der Waals surface area contributed by atoms with E-state index in [-0.39, 0.29) is 11.1 Å². The van der Waals surface area contributed by atoms with Crippen molar-refractivity contribution in [2.75, 3.05) is 34.0 Å². The zero-order valence-electron chi connectivity index (χ0n) is 14.6. The molecule has 0 radical (unpaired) electrons. The van der Waals surface area contributed by atoms with Crippen molar-refractivity contribution in [3.63, 3.8) is 0 Å². The average Bonchev–Trinajstić information content (AvgIpc) is 2.96. The van der Waals surface area contributed by atoms with Crippen LogP contribution in [0.25, 0.3) is 6.08 Å². The molecule has 132 valence electrons. The Hall–Kier alpha value is -1.57. The Balaban J connectivity index is 2.17. The van der Waals surface area contributed by atoms with Crippen LogP contribution < -0.4 is 0 Å². The van der Waals surface area contributed by atoms with Crippen LogP contribution >= 0.6 is 11.8 Å². The van der Waals surface area contributed by atoms with Crippen LogP contribution in [0.1, 0.15) is 23.4 Å². The molecule has 1 fully saturated rings. The van der Waals surface area contributed by atoms with Gasteiger partial charge in [0.2, 0.25) is 0 Å². The van der Waals surface area contributed by atoms with Gasteiger partial charge in [-0.25, -0.2) is 0 Å². The number of ether oxygens (including phenoxy) is 2. The molecule has 1 aromatic rings. The van der Waals surface area contributed by atoms with Gasteiger partial charge in [-0.3, -0.25) is 14.5 Å². The van der Waals surface area contributed by atoms with Gasteiger partial charge in [0.25, 0.3) is 11.1 Å². The third-order valence-electron chi connectivity index (χ3n) is 4.02. The first-order chi connectivity index (χ1) is 11.5. The molecule has 0 bridgehead atoms. The molecule has 0 saturated carbocycles. The van der Waals surface area contributed by atoms with Gasteiger partial charge in [0.15, 0.2) is 0 Å². The maximum Gasteiger partial charge on any atom is 0.293 e. The van der Waals surface area contributed by atoms with E-state index in [4.69, 9.17) is 9.47 Å². The molecular weight excluding hydrogens is 328 g/mol. The average molecular weight is 352 g/mol. The van der Waals surface area contributed by atoms with E-state index in [9.17, 15) is 9.59 Å².